The van der Waals surface area contributed by atoms with E-state index in [2.05, 4.69) is 8.92 Å². The Hall–Kier alpha value is 1.71. The summed E-state index contributed by atoms with van der Waals surface area (Å²) in [5, 5.41) is 46.8. The molecule has 0 saturated carbocycles. The van der Waals surface area contributed by atoms with Gasteiger partial charge in [-0.15, -0.1) is 0 Å². The van der Waals surface area contributed by atoms with Crippen molar-refractivity contribution in [2.24, 2.45) is 0 Å². The number of carbonyl (C=O) groups excluding carboxylic acids is 1. The topological polar surface area (TPSA) is 290 Å². The number of hydrogen-bond acceptors (Lipinski definition) is 14. The summed E-state index contributed by atoms with van der Waals surface area (Å²) < 4.78 is 66.4. The molecule has 16 nitrogen and oxygen atoms in total. The first-order valence-corrected chi connectivity index (χ1v) is 10.1. The van der Waals surface area contributed by atoms with Gasteiger partial charge in [-0.25, -0.2) is 13.1 Å². The van der Waals surface area contributed by atoms with Gasteiger partial charge >= 0.3 is 88.7 Å². The van der Waals surface area contributed by atoms with Crippen LogP contribution in [0.4, 0.5) is 0 Å². The van der Waals surface area contributed by atoms with Crippen LogP contribution < -0.4 is 98.5 Å². The number of nitrogens with one attached hydrogen (secondary N) is 1. The second kappa shape index (κ2) is 21.6. The molecule has 0 aromatic heterocycles. The third-order valence-corrected chi connectivity index (χ3v) is 4.41. The van der Waals surface area contributed by atoms with Crippen molar-refractivity contribution < 1.29 is 160 Å². The van der Waals surface area contributed by atoms with E-state index >= 15 is 0 Å². The van der Waals surface area contributed by atoms with Gasteiger partial charge in [-0.1, -0.05) is 7.43 Å². The van der Waals surface area contributed by atoms with Crippen LogP contribution in [-0.4, -0.2) is 104 Å². The van der Waals surface area contributed by atoms with E-state index in [0.717, 1.165) is 6.08 Å². The van der Waals surface area contributed by atoms with Crippen LogP contribution in [0.5, 0.6) is 0 Å². The molecule has 2 rings (SSSR count). The number of rotatable bonds is 6. The van der Waals surface area contributed by atoms with Gasteiger partial charge in [-0.05, 0) is 6.08 Å². The van der Waals surface area contributed by atoms with E-state index in [1.807, 2.05) is 4.72 Å². The Morgan fingerprint density at radius 2 is 1.74 bits per heavy atom. The minimum atomic E-state index is -4.90. The van der Waals surface area contributed by atoms with Crippen LogP contribution in [0.15, 0.2) is 11.8 Å². The van der Waals surface area contributed by atoms with E-state index in [1.54, 1.807) is 0 Å². The Kier molecular flexibility index (Phi) is 29.0. The summed E-state index contributed by atoms with van der Waals surface area (Å²) in [5.74, 6) is -1.92. The van der Waals surface area contributed by atoms with E-state index < -0.39 is 76.7 Å². The molecule has 0 radical (unpaired) electrons. The van der Waals surface area contributed by atoms with E-state index in [4.69, 9.17) is 14.9 Å². The Morgan fingerprint density at radius 1 is 1.21 bits per heavy atom. The molecule has 0 amide bonds. The molecule has 1 saturated heterocycles. The molecule has 0 bridgehead atoms. The molecule has 1 fully saturated rings. The summed E-state index contributed by atoms with van der Waals surface area (Å²) in [4.78, 5) is 10.1. The van der Waals surface area contributed by atoms with E-state index in [9.17, 15) is 41.8 Å². The molecular formula is C13H24NNa3O15S2. The van der Waals surface area contributed by atoms with Gasteiger partial charge in [0.25, 0.3) is 0 Å². The largest absolute Gasteiger partial charge is 1.00 e. The molecule has 186 valence electrons. The van der Waals surface area contributed by atoms with Crippen molar-refractivity contribution in [2.45, 2.75) is 50.6 Å². The van der Waals surface area contributed by atoms with Crippen LogP contribution in [0.2, 0.25) is 0 Å². The number of carboxylic acids is 1. The number of carboxylic acid groups (broad SMARTS) is 1. The molecule has 0 spiro atoms. The molecule has 0 aliphatic carbocycles. The molecule has 7 N–H and O–H groups in total. The van der Waals surface area contributed by atoms with E-state index in [0.29, 0.717) is 0 Å². The maximum Gasteiger partial charge on any atom is 1.00 e. The maximum absolute atomic E-state index is 10.4. The Labute approximate surface area is 265 Å². The van der Waals surface area contributed by atoms with Crippen molar-refractivity contribution in [2.75, 3.05) is 13.2 Å². The SMILES string of the molecule is C.O.O=C([O-])C1=C[C@@H](O)C(O)CO1.O=S([O-])NC1C(O)OC(COS(=O)(=O)[O-])C[C@H]1O.[Na+].[Na+].[Na+]. The number of ether oxygens (including phenoxy) is 2. The number of aliphatic carboxylic acids is 1. The number of hydrogen-bond donors (Lipinski definition) is 5. The van der Waals surface area contributed by atoms with Crippen LogP contribution in [0, 0.1) is 0 Å². The van der Waals surface area contributed by atoms with Gasteiger partial charge in [0.05, 0.1) is 24.9 Å². The van der Waals surface area contributed by atoms with Gasteiger partial charge < -0.3 is 54.4 Å². The zero-order valence-corrected chi connectivity index (χ0v) is 25.5. The van der Waals surface area contributed by atoms with Gasteiger partial charge in [0.1, 0.15) is 30.5 Å². The average molecular weight is 567 g/mol. The molecule has 2 aliphatic rings. The van der Waals surface area contributed by atoms with Gasteiger partial charge in [-0.2, -0.15) is 0 Å². The monoisotopic (exact) mass is 567 g/mol. The molecule has 34 heavy (non-hydrogen) atoms. The second-order valence-corrected chi connectivity index (χ2v) is 7.47. The fourth-order valence-corrected chi connectivity index (χ4v) is 2.99. The van der Waals surface area contributed by atoms with Crippen LogP contribution >= 0.6 is 0 Å². The van der Waals surface area contributed by atoms with Crippen LogP contribution in [0.3, 0.4) is 0 Å². The van der Waals surface area contributed by atoms with Gasteiger partial charge in [0.2, 0.25) is 10.4 Å². The number of aliphatic hydroxyl groups is 4. The third kappa shape index (κ3) is 18.0. The second-order valence-electron chi connectivity index (χ2n) is 5.71. The molecule has 7 atom stereocenters. The molecule has 2 heterocycles. The van der Waals surface area contributed by atoms with Crippen molar-refractivity contribution in [3.05, 3.63) is 11.8 Å². The standard InChI is InChI=1S/C6H13NO9S2.C6H8O5.CH4.3Na.H2O/c8-4-1-3(2-15-18(12,13)14)16-6(9)5(4)7-17(10)11;7-3-1-5(6(9)10)11-2-4(3)8;;;;;/h3-9H,1-2H2,(H,10,11)(H,12,13,14);1,3-4,7-8H,2H2,(H,9,10);1H4;;;;1H2/q;;;3*+1;/p-3/t3?,4-,5?,6?;3-,4?;;;;;/m11...../s1. The molecular weight excluding hydrogens is 543 g/mol. The number of aliphatic hydroxyl groups excluding tert-OH is 4. The van der Waals surface area contributed by atoms with Crippen LogP contribution in [0.25, 0.3) is 0 Å². The fourth-order valence-electron chi connectivity index (χ4n) is 2.17. The third-order valence-electron chi connectivity index (χ3n) is 3.52. The average Bonchev–Trinajstić information content (AvgIpc) is 2.58. The first-order chi connectivity index (χ1) is 13.3. The van der Waals surface area contributed by atoms with E-state index in [-0.39, 0.29) is 115 Å². The predicted molar refractivity (Wildman–Crippen MR) is 94.4 cm³/mol. The quantitative estimate of drug-likeness (QED) is 0.0862. The summed E-state index contributed by atoms with van der Waals surface area (Å²) >= 11 is -2.71. The minimum Gasteiger partial charge on any atom is -0.760 e. The summed E-state index contributed by atoms with van der Waals surface area (Å²) in [6, 6.07) is -1.27. The Bertz CT molecular complexity index is 716. The minimum absolute atomic E-state index is 0. The van der Waals surface area contributed by atoms with Crippen LogP contribution in [-0.2, 0) is 40.1 Å². The van der Waals surface area contributed by atoms with Gasteiger partial charge in [-0.3, -0.25) is 8.39 Å². The zero-order valence-electron chi connectivity index (χ0n) is 17.9. The summed E-state index contributed by atoms with van der Waals surface area (Å²) in [6.45, 7) is -0.895. The Morgan fingerprint density at radius 3 is 2.12 bits per heavy atom. The summed E-state index contributed by atoms with van der Waals surface area (Å²) in [6.07, 6.45) is -5.58. The van der Waals surface area contributed by atoms with Crippen molar-refractivity contribution in [1.29, 1.82) is 0 Å². The Balaban J connectivity index is -0.000000155. The van der Waals surface area contributed by atoms with Crippen molar-refractivity contribution in [1.82, 2.24) is 4.72 Å². The summed E-state index contributed by atoms with van der Waals surface area (Å²) in [7, 11) is -4.90. The summed E-state index contributed by atoms with van der Waals surface area (Å²) in [5.41, 5.74) is 0. The number of carbonyl (C=O) groups is 1. The molecule has 21 heteroatoms. The van der Waals surface area contributed by atoms with E-state index in [1.165, 1.54) is 0 Å². The van der Waals surface area contributed by atoms with Crippen molar-refractivity contribution in [3.63, 3.8) is 0 Å². The zero-order chi connectivity index (χ0) is 22.4. The van der Waals surface area contributed by atoms with Crippen molar-refractivity contribution in [3.8, 4) is 0 Å². The van der Waals surface area contributed by atoms with Gasteiger partial charge in [0, 0.05) is 17.7 Å². The molecule has 0 aromatic carbocycles. The van der Waals surface area contributed by atoms with Crippen molar-refractivity contribution >= 4 is 27.6 Å². The normalized spacial score (nSPS) is 28.6. The van der Waals surface area contributed by atoms with Gasteiger partial charge in [0.15, 0.2) is 6.29 Å². The fraction of sp³-hybridized carbons (Fsp3) is 0.769. The smallest absolute Gasteiger partial charge is 0.760 e. The first-order valence-electron chi connectivity index (χ1n) is 7.69. The molecule has 2 aliphatic heterocycles. The molecule has 5 unspecified atom stereocenters. The molecule has 0 aromatic rings. The maximum atomic E-state index is 10.4. The van der Waals surface area contributed by atoms with Crippen LogP contribution in [0.1, 0.15) is 13.8 Å². The predicted octanol–water partition coefficient (Wildman–Crippen LogP) is -15.1. The first kappa shape index (κ1) is 45.6.